The zero-order valence-electron chi connectivity index (χ0n) is 33.0. The van der Waals surface area contributed by atoms with E-state index in [1.165, 1.54) is 7.11 Å². The Bertz CT molecular complexity index is 2240. The number of carbonyl (C=O) groups is 3. The van der Waals surface area contributed by atoms with E-state index in [0.717, 1.165) is 71.7 Å². The largest absolute Gasteiger partial charge is 0.453 e. The Balaban J connectivity index is 0.899. The van der Waals surface area contributed by atoms with Gasteiger partial charge in [-0.15, -0.1) is 0 Å². The molecule has 5 atom stereocenters. The van der Waals surface area contributed by atoms with E-state index in [4.69, 9.17) is 19.7 Å². The number of ether oxygens (including phenoxy) is 1. The lowest BCUT2D eigenvalue weighted by atomic mass is 10.0. The van der Waals surface area contributed by atoms with E-state index >= 15 is 0 Å². The molecular weight excluding hydrogens is 731 g/mol. The molecule has 3 aliphatic rings. The molecule has 3 N–H and O–H groups in total. The standard InChI is InChI=1S/C45H49N9O4/c1-52(2)40(32-14-8-5-9-15-32)44(56)54-25-11-17-38(54)42-48-28-36(50-42)33-22-23-34(46-26-33)29-18-20-30(21-19-29)35-27-47-41(49-35)37-16-10-24-53(37)43(55)39(51-45(57)58-3)31-12-6-4-7-13-31/h4-9,12-15,18-23,26-27,36-40H,10-11,16-17,24-25,28H2,1-3H3,(H,47,49)(H,48,50)(H,51,57)/t36?,37-,38-,39+,40+/m0/s1. The summed E-state index contributed by atoms with van der Waals surface area (Å²) in [5.41, 5.74) is 6.37. The van der Waals surface area contributed by atoms with E-state index < -0.39 is 12.1 Å². The number of amides is 3. The molecule has 0 saturated carbocycles. The molecule has 3 aliphatic heterocycles. The minimum Gasteiger partial charge on any atom is -0.453 e. The minimum atomic E-state index is -0.874. The molecular formula is C45H49N9O4. The molecule has 3 aromatic carbocycles. The van der Waals surface area contributed by atoms with Crippen molar-refractivity contribution in [2.24, 2.45) is 4.99 Å². The van der Waals surface area contributed by atoms with Crippen LogP contribution in [0.5, 0.6) is 0 Å². The second-order valence-corrected chi connectivity index (χ2v) is 15.3. The highest BCUT2D eigenvalue weighted by Gasteiger charge is 2.40. The van der Waals surface area contributed by atoms with E-state index in [1.54, 1.807) is 11.1 Å². The SMILES string of the molecule is COC(=O)N[C@@H](C(=O)N1CCC[C@H]1c1ncc(-c2ccc(-c3ccc(C4CN=C([C@@H]5CCCN5C(=O)[C@@H](c5ccccc5)N(C)C)N4)cn3)cc2)[nH]1)c1ccccc1. The van der Waals surface area contributed by atoms with Crippen molar-refractivity contribution in [3.63, 3.8) is 0 Å². The highest BCUT2D eigenvalue weighted by molar-refractivity contribution is 5.95. The number of H-pyrrole nitrogens is 1. The third kappa shape index (κ3) is 7.94. The van der Waals surface area contributed by atoms with E-state index in [-0.39, 0.29) is 36.0 Å². The van der Waals surface area contributed by atoms with Gasteiger partial charge >= 0.3 is 6.09 Å². The van der Waals surface area contributed by atoms with Crippen LogP contribution in [-0.2, 0) is 14.3 Å². The highest BCUT2D eigenvalue weighted by atomic mass is 16.5. The monoisotopic (exact) mass is 779 g/mol. The number of aliphatic imine (C=N–C) groups is 1. The molecule has 2 saturated heterocycles. The Morgan fingerprint density at radius 2 is 1.43 bits per heavy atom. The van der Waals surface area contributed by atoms with Crippen LogP contribution in [0.3, 0.4) is 0 Å². The summed E-state index contributed by atoms with van der Waals surface area (Å²) in [5, 5.41) is 6.35. The van der Waals surface area contributed by atoms with Crippen molar-refractivity contribution in [3.8, 4) is 22.5 Å². The van der Waals surface area contributed by atoms with Gasteiger partial charge in [-0.1, -0.05) is 91.0 Å². The van der Waals surface area contributed by atoms with Gasteiger partial charge in [0.25, 0.3) is 5.91 Å². The normalized spacial score (nSPS) is 20.1. The van der Waals surface area contributed by atoms with Gasteiger partial charge in [-0.05, 0) is 68.1 Å². The number of aromatic nitrogens is 3. The van der Waals surface area contributed by atoms with E-state index in [1.807, 2.05) is 121 Å². The van der Waals surface area contributed by atoms with Gasteiger partial charge in [0.2, 0.25) is 5.91 Å². The fourth-order valence-electron chi connectivity index (χ4n) is 8.46. The second kappa shape index (κ2) is 17.0. The number of alkyl carbamates (subject to hydrolysis) is 1. The number of carbonyl (C=O) groups excluding carboxylic acids is 3. The summed E-state index contributed by atoms with van der Waals surface area (Å²) in [4.78, 5) is 63.7. The van der Waals surface area contributed by atoms with Gasteiger partial charge in [0.05, 0.1) is 49.4 Å². The number of amidine groups is 1. The molecule has 5 heterocycles. The van der Waals surface area contributed by atoms with Crippen LogP contribution in [0.2, 0.25) is 0 Å². The summed E-state index contributed by atoms with van der Waals surface area (Å²) in [6, 6.07) is 29.9. The predicted molar refractivity (Wildman–Crippen MR) is 221 cm³/mol. The number of aromatic amines is 1. The van der Waals surface area contributed by atoms with E-state index in [2.05, 4.69) is 21.7 Å². The lowest BCUT2D eigenvalue weighted by molar-refractivity contribution is -0.136. The maximum absolute atomic E-state index is 13.9. The van der Waals surface area contributed by atoms with Crippen LogP contribution in [-0.4, -0.2) is 100 Å². The first-order valence-corrected chi connectivity index (χ1v) is 19.9. The van der Waals surface area contributed by atoms with Crippen LogP contribution in [0, 0.1) is 0 Å². The van der Waals surface area contributed by atoms with Crippen molar-refractivity contribution in [1.82, 2.24) is 40.3 Å². The molecule has 3 amide bonds. The second-order valence-electron chi connectivity index (χ2n) is 15.3. The Labute approximate surface area is 338 Å². The molecule has 5 aromatic rings. The van der Waals surface area contributed by atoms with Crippen molar-refractivity contribution in [2.75, 3.05) is 40.8 Å². The lowest BCUT2D eigenvalue weighted by Gasteiger charge is -2.32. The Morgan fingerprint density at radius 3 is 2.09 bits per heavy atom. The molecule has 298 valence electrons. The van der Waals surface area contributed by atoms with Crippen LogP contribution in [0.1, 0.15) is 72.4 Å². The fraction of sp³-hybridized carbons (Fsp3) is 0.333. The van der Waals surface area contributed by atoms with Crippen molar-refractivity contribution in [3.05, 3.63) is 132 Å². The highest BCUT2D eigenvalue weighted by Crippen LogP contribution is 2.35. The molecule has 0 spiro atoms. The smallest absolute Gasteiger partial charge is 0.407 e. The van der Waals surface area contributed by atoms with Crippen molar-refractivity contribution in [1.29, 1.82) is 0 Å². The molecule has 58 heavy (non-hydrogen) atoms. The van der Waals surface area contributed by atoms with Gasteiger partial charge in [-0.2, -0.15) is 0 Å². The molecule has 13 nitrogen and oxygen atoms in total. The molecule has 0 bridgehead atoms. The molecule has 8 rings (SSSR count). The van der Waals surface area contributed by atoms with Gasteiger partial charge in [0, 0.05) is 24.8 Å². The molecule has 0 aliphatic carbocycles. The maximum Gasteiger partial charge on any atom is 0.407 e. The summed E-state index contributed by atoms with van der Waals surface area (Å²) in [6.07, 6.45) is 6.46. The topological polar surface area (TPSA) is 148 Å². The van der Waals surface area contributed by atoms with Crippen molar-refractivity contribution in [2.45, 2.75) is 55.9 Å². The summed E-state index contributed by atoms with van der Waals surface area (Å²) in [6.45, 7) is 1.87. The van der Waals surface area contributed by atoms with E-state index in [0.29, 0.717) is 24.5 Å². The van der Waals surface area contributed by atoms with Crippen LogP contribution in [0.15, 0.2) is 114 Å². The quantitative estimate of drug-likeness (QED) is 0.143. The first kappa shape index (κ1) is 38.5. The number of nitrogens with one attached hydrogen (secondary N) is 3. The van der Waals surface area contributed by atoms with Crippen molar-refractivity contribution < 1.29 is 19.1 Å². The Morgan fingerprint density at radius 1 is 0.776 bits per heavy atom. The number of likely N-dealkylation sites (tertiary alicyclic amines) is 2. The van der Waals surface area contributed by atoms with Crippen LogP contribution >= 0.6 is 0 Å². The first-order chi connectivity index (χ1) is 28.3. The number of hydrogen-bond donors (Lipinski definition) is 3. The average Bonchev–Trinajstić information content (AvgIpc) is 4.11. The maximum atomic E-state index is 13.9. The molecule has 0 radical (unpaired) electrons. The van der Waals surface area contributed by atoms with Gasteiger partial charge < -0.3 is 30.2 Å². The fourth-order valence-corrected chi connectivity index (χ4v) is 8.46. The predicted octanol–water partition coefficient (Wildman–Crippen LogP) is 6.24. The number of benzene rings is 3. The minimum absolute atomic E-state index is 0.00996. The number of rotatable bonds is 11. The molecule has 2 fully saturated rings. The summed E-state index contributed by atoms with van der Waals surface area (Å²) < 4.78 is 4.83. The summed E-state index contributed by atoms with van der Waals surface area (Å²) >= 11 is 0. The number of methoxy groups -OCH3 is 1. The lowest BCUT2D eigenvalue weighted by Crippen LogP contribution is -2.48. The first-order valence-electron chi connectivity index (χ1n) is 19.9. The molecule has 13 heteroatoms. The third-order valence-electron chi connectivity index (χ3n) is 11.4. The van der Waals surface area contributed by atoms with Gasteiger partial charge in [0.1, 0.15) is 23.7 Å². The van der Waals surface area contributed by atoms with Crippen LogP contribution in [0.25, 0.3) is 22.5 Å². The Kier molecular flexibility index (Phi) is 11.3. The molecule has 1 unspecified atom stereocenters. The van der Waals surface area contributed by atoms with Crippen LogP contribution in [0.4, 0.5) is 4.79 Å². The number of hydrogen-bond acceptors (Lipinski definition) is 9. The van der Waals surface area contributed by atoms with E-state index in [9.17, 15) is 14.4 Å². The zero-order chi connectivity index (χ0) is 40.2. The number of imidazole rings is 1. The summed E-state index contributed by atoms with van der Waals surface area (Å²) in [7, 11) is 5.19. The zero-order valence-corrected chi connectivity index (χ0v) is 33.0. The molecule has 2 aromatic heterocycles. The number of pyridine rings is 1. The third-order valence-corrected chi connectivity index (χ3v) is 11.4. The average molecular weight is 780 g/mol. The van der Waals surface area contributed by atoms with Gasteiger partial charge in [-0.25, -0.2) is 9.78 Å². The Hall–Kier alpha value is -6.34. The van der Waals surface area contributed by atoms with Crippen molar-refractivity contribution >= 4 is 23.7 Å². The number of nitrogens with zero attached hydrogens (tertiary/aromatic N) is 6. The van der Waals surface area contributed by atoms with Gasteiger partial charge in [0.15, 0.2) is 0 Å². The summed E-state index contributed by atoms with van der Waals surface area (Å²) in [5.74, 6) is 1.48. The van der Waals surface area contributed by atoms with Gasteiger partial charge in [-0.3, -0.25) is 24.5 Å². The number of likely N-dealkylation sites (N-methyl/N-ethyl adjacent to an activating group) is 1. The van der Waals surface area contributed by atoms with Crippen LogP contribution < -0.4 is 10.6 Å².